The van der Waals surface area contributed by atoms with Crippen LogP contribution in [-0.2, 0) is 14.8 Å². The Hall–Kier alpha value is -0.720. The van der Waals surface area contributed by atoms with Gasteiger partial charge in [-0.05, 0) is 17.7 Å². The van der Waals surface area contributed by atoms with Gasteiger partial charge in [-0.3, -0.25) is 0 Å². The summed E-state index contributed by atoms with van der Waals surface area (Å²) in [4.78, 5) is 0. The van der Waals surface area contributed by atoms with Crippen LogP contribution < -0.4 is 4.74 Å². The van der Waals surface area contributed by atoms with E-state index in [-0.39, 0.29) is 19.0 Å². The van der Waals surface area contributed by atoms with Gasteiger partial charge in [0.2, 0.25) is 0 Å². The summed E-state index contributed by atoms with van der Waals surface area (Å²) in [6, 6.07) is 2.47. The van der Waals surface area contributed by atoms with E-state index < -0.39 is 11.6 Å². The van der Waals surface area contributed by atoms with E-state index in [1.165, 1.54) is 12.1 Å². The van der Waals surface area contributed by atoms with Crippen molar-refractivity contribution in [3.63, 3.8) is 0 Å². The molecule has 0 aliphatic carbocycles. The van der Waals surface area contributed by atoms with Gasteiger partial charge in [0.1, 0.15) is 6.61 Å². The van der Waals surface area contributed by atoms with Crippen LogP contribution in [0.4, 0.5) is 8.78 Å². The maximum atomic E-state index is 13.5. The van der Waals surface area contributed by atoms with Crippen LogP contribution in [0, 0.1) is 11.6 Å². The Kier molecular flexibility index (Phi) is 7.15. The number of hydrogen-bond donors (Lipinski definition) is 0. The van der Waals surface area contributed by atoms with E-state index in [4.69, 9.17) is 14.2 Å². The minimum absolute atomic E-state index is 0.0885. The predicted octanol–water partition coefficient (Wildman–Crippen LogP) is 2.90. The van der Waals surface area contributed by atoms with E-state index in [1.54, 1.807) is 7.11 Å². The predicted molar refractivity (Wildman–Crippen MR) is 67.2 cm³/mol. The van der Waals surface area contributed by atoms with Crippen LogP contribution in [0.3, 0.4) is 0 Å². The highest BCUT2D eigenvalue weighted by Gasteiger charge is 2.12. The molecule has 0 heterocycles. The van der Waals surface area contributed by atoms with Crippen molar-refractivity contribution >= 4 is 15.9 Å². The van der Waals surface area contributed by atoms with E-state index in [0.717, 1.165) is 0 Å². The lowest BCUT2D eigenvalue weighted by Crippen LogP contribution is -2.11. The van der Waals surface area contributed by atoms with E-state index >= 15 is 0 Å². The fraction of sp³-hybridized carbons (Fsp3) is 0.500. The second-order valence-corrected chi connectivity index (χ2v) is 4.04. The highest BCUT2D eigenvalue weighted by molar-refractivity contribution is 9.08. The summed E-state index contributed by atoms with van der Waals surface area (Å²) >= 11 is 3.13. The molecular formula is C12H15BrF2O3. The summed E-state index contributed by atoms with van der Waals surface area (Å²) in [6.07, 6.45) is 0. The largest absolute Gasteiger partial charge is 0.485 e. The molecule has 1 aromatic rings. The van der Waals surface area contributed by atoms with Gasteiger partial charge in [-0.2, -0.15) is 0 Å². The molecule has 0 aliphatic rings. The summed E-state index contributed by atoms with van der Waals surface area (Å²) in [5, 5.41) is 0.390. The van der Waals surface area contributed by atoms with Crippen molar-refractivity contribution in [3.05, 3.63) is 29.3 Å². The summed E-state index contributed by atoms with van der Waals surface area (Å²) in [5.74, 6) is -1.78. The Morgan fingerprint density at radius 1 is 1.06 bits per heavy atom. The molecule has 0 aromatic heterocycles. The topological polar surface area (TPSA) is 27.7 Å². The zero-order valence-electron chi connectivity index (χ0n) is 10.0. The minimum Gasteiger partial charge on any atom is -0.485 e. The first-order valence-corrected chi connectivity index (χ1v) is 6.54. The Labute approximate surface area is 113 Å². The lowest BCUT2D eigenvalue weighted by atomic mass is 10.2. The Morgan fingerprint density at radius 3 is 2.22 bits per heavy atom. The number of hydrogen-bond acceptors (Lipinski definition) is 3. The Balaban J connectivity index is 2.42. The Bertz CT molecular complexity index is 351. The molecule has 102 valence electrons. The highest BCUT2D eigenvalue weighted by atomic mass is 79.9. The van der Waals surface area contributed by atoms with Crippen LogP contribution in [0.25, 0.3) is 0 Å². The molecule has 0 aliphatic heterocycles. The molecule has 3 nitrogen and oxygen atoms in total. The molecule has 0 unspecified atom stereocenters. The maximum absolute atomic E-state index is 13.5. The lowest BCUT2D eigenvalue weighted by Gasteiger charge is -2.09. The molecule has 18 heavy (non-hydrogen) atoms. The van der Waals surface area contributed by atoms with Crippen molar-refractivity contribution in [1.29, 1.82) is 0 Å². The minimum atomic E-state index is -0.707. The normalized spacial score (nSPS) is 10.7. The SMILES string of the molecule is COCCOCCOc1c(F)cc(CBr)cc1F. The van der Waals surface area contributed by atoms with E-state index in [1.807, 2.05) is 0 Å². The zero-order chi connectivity index (χ0) is 13.4. The zero-order valence-corrected chi connectivity index (χ0v) is 11.6. The van der Waals surface area contributed by atoms with E-state index in [9.17, 15) is 8.78 Å². The molecule has 0 N–H and O–H groups in total. The lowest BCUT2D eigenvalue weighted by molar-refractivity contribution is 0.0531. The molecule has 0 amide bonds. The van der Waals surface area contributed by atoms with Gasteiger partial charge in [0.15, 0.2) is 17.4 Å². The number of methoxy groups -OCH3 is 1. The van der Waals surface area contributed by atoms with Crippen LogP contribution in [0.2, 0.25) is 0 Å². The number of alkyl halides is 1. The first kappa shape index (κ1) is 15.3. The van der Waals surface area contributed by atoms with Crippen molar-refractivity contribution in [2.45, 2.75) is 5.33 Å². The summed E-state index contributed by atoms with van der Waals surface area (Å²) < 4.78 is 41.9. The molecule has 0 saturated carbocycles. The molecule has 0 atom stereocenters. The van der Waals surface area contributed by atoms with Crippen LogP contribution in [0.1, 0.15) is 5.56 Å². The van der Waals surface area contributed by atoms with Gasteiger partial charge in [0, 0.05) is 12.4 Å². The molecule has 0 spiro atoms. The highest BCUT2D eigenvalue weighted by Crippen LogP contribution is 2.24. The van der Waals surface area contributed by atoms with Gasteiger partial charge >= 0.3 is 0 Å². The smallest absolute Gasteiger partial charge is 0.190 e. The summed E-state index contributed by atoms with van der Waals surface area (Å²) in [5.41, 5.74) is 0.522. The molecule has 6 heteroatoms. The van der Waals surface area contributed by atoms with Crippen LogP contribution in [-0.4, -0.2) is 33.5 Å². The van der Waals surface area contributed by atoms with Crippen molar-refractivity contribution in [2.24, 2.45) is 0 Å². The van der Waals surface area contributed by atoms with Crippen LogP contribution in [0.15, 0.2) is 12.1 Å². The third kappa shape index (κ3) is 4.88. The van der Waals surface area contributed by atoms with Gasteiger partial charge in [0.25, 0.3) is 0 Å². The fourth-order valence-electron chi connectivity index (χ4n) is 1.27. The fourth-order valence-corrected chi connectivity index (χ4v) is 1.60. The summed E-state index contributed by atoms with van der Waals surface area (Å²) in [6.45, 7) is 1.24. The van der Waals surface area contributed by atoms with Gasteiger partial charge in [0.05, 0.1) is 19.8 Å². The second-order valence-electron chi connectivity index (χ2n) is 3.48. The quantitative estimate of drug-likeness (QED) is 0.543. The monoisotopic (exact) mass is 324 g/mol. The Morgan fingerprint density at radius 2 is 1.67 bits per heavy atom. The number of ether oxygens (including phenoxy) is 3. The van der Waals surface area contributed by atoms with Crippen molar-refractivity contribution in [1.82, 2.24) is 0 Å². The van der Waals surface area contributed by atoms with E-state index in [2.05, 4.69) is 15.9 Å². The van der Waals surface area contributed by atoms with Crippen LogP contribution >= 0.6 is 15.9 Å². The van der Waals surface area contributed by atoms with Gasteiger partial charge < -0.3 is 14.2 Å². The van der Waals surface area contributed by atoms with E-state index in [0.29, 0.717) is 24.1 Å². The van der Waals surface area contributed by atoms with Gasteiger partial charge in [-0.1, -0.05) is 15.9 Å². The number of halogens is 3. The van der Waals surface area contributed by atoms with Gasteiger partial charge in [-0.25, -0.2) is 8.78 Å². The molecule has 1 aromatic carbocycles. The molecular weight excluding hydrogens is 310 g/mol. The van der Waals surface area contributed by atoms with Crippen molar-refractivity contribution in [2.75, 3.05) is 33.5 Å². The first-order chi connectivity index (χ1) is 8.69. The molecule has 0 radical (unpaired) electrons. The average molecular weight is 325 g/mol. The average Bonchev–Trinajstić information content (AvgIpc) is 2.35. The first-order valence-electron chi connectivity index (χ1n) is 5.42. The molecule has 1 rings (SSSR count). The van der Waals surface area contributed by atoms with Crippen LogP contribution in [0.5, 0.6) is 5.75 Å². The third-order valence-corrected chi connectivity index (χ3v) is 2.77. The molecule has 0 saturated heterocycles. The summed E-state index contributed by atoms with van der Waals surface area (Å²) in [7, 11) is 1.57. The van der Waals surface area contributed by atoms with Crippen molar-refractivity contribution in [3.8, 4) is 5.75 Å². The molecule has 0 fully saturated rings. The number of benzene rings is 1. The van der Waals surface area contributed by atoms with Crippen molar-refractivity contribution < 1.29 is 23.0 Å². The maximum Gasteiger partial charge on any atom is 0.190 e. The van der Waals surface area contributed by atoms with Gasteiger partial charge in [-0.15, -0.1) is 0 Å². The standard InChI is InChI=1S/C12H15BrF2O3/c1-16-2-3-17-4-5-18-12-10(14)6-9(8-13)7-11(12)15/h6-7H,2-5,8H2,1H3. The number of rotatable bonds is 8. The second kappa shape index (κ2) is 8.39. The third-order valence-electron chi connectivity index (χ3n) is 2.12. The molecule has 0 bridgehead atoms.